The molecule has 170 valence electrons. The summed E-state index contributed by atoms with van der Waals surface area (Å²) in [7, 11) is 0. The van der Waals surface area contributed by atoms with E-state index in [1.165, 1.54) is 11.0 Å². The van der Waals surface area contributed by atoms with Crippen LogP contribution in [0.25, 0.3) is 0 Å². The number of halogens is 1. The van der Waals surface area contributed by atoms with E-state index in [2.05, 4.69) is 15.9 Å². The van der Waals surface area contributed by atoms with Crippen LogP contribution in [0.4, 0.5) is 0 Å². The van der Waals surface area contributed by atoms with E-state index in [0.717, 1.165) is 5.57 Å². The maximum Gasteiger partial charge on any atom is 0.233 e. The summed E-state index contributed by atoms with van der Waals surface area (Å²) >= 11 is 3.22. The van der Waals surface area contributed by atoms with Crippen LogP contribution in [-0.2, 0) is 19.2 Å². The van der Waals surface area contributed by atoms with Crippen LogP contribution in [0.2, 0.25) is 0 Å². The normalized spacial score (nSPS) is 29.0. The fraction of sp³-hybridized carbons (Fsp3) is 0.385. The summed E-state index contributed by atoms with van der Waals surface area (Å²) in [6.45, 7) is 4.09. The van der Waals surface area contributed by atoms with Crippen molar-refractivity contribution in [2.45, 2.75) is 39.0 Å². The number of phenols is 1. The van der Waals surface area contributed by atoms with Crippen LogP contribution in [0.5, 0.6) is 5.75 Å². The number of likely N-dealkylation sites (tertiary alicyclic amines) is 1. The first-order chi connectivity index (χ1) is 15.8. The molecule has 0 bridgehead atoms. The van der Waals surface area contributed by atoms with Crippen molar-refractivity contribution < 1.29 is 24.3 Å². The quantitative estimate of drug-likeness (QED) is 0.379. The van der Waals surface area contributed by atoms with Crippen LogP contribution in [0.1, 0.15) is 43.2 Å². The summed E-state index contributed by atoms with van der Waals surface area (Å²) in [5.74, 6) is -2.81. The van der Waals surface area contributed by atoms with Crippen LogP contribution >= 0.6 is 15.9 Å². The van der Waals surface area contributed by atoms with Crippen LogP contribution < -0.4 is 0 Å². The number of aromatic hydroxyl groups is 1. The molecule has 7 heteroatoms. The van der Waals surface area contributed by atoms with Crippen LogP contribution in [0.3, 0.4) is 0 Å². The van der Waals surface area contributed by atoms with Crippen molar-refractivity contribution in [2.75, 3.05) is 6.54 Å². The zero-order valence-corrected chi connectivity index (χ0v) is 20.0. The number of fused-ring (bicyclic) bond motifs is 3. The zero-order valence-electron chi connectivity index (χ0n) is 18.4. The van der Waals surface area contributed by atoms with E-state index in [1.807, 2.05) is 19.1 Å². The van der Waals surface area contributed by atoms with E-state index < -0.39 is 17.8 Å². The Bertz CT molecular complexity index is 1220. The smallest absolute Gasteiger partial charge is 0.233 e. The fourth-order valence-corrected chi connectivity index (χ4v) is 6.43. The Labute approximate surface area is 200 Å². The lowest BCUT2D eigenvalue weighted by Gasteiger charge is -2.42. The highest BCUT2D eigenvalue weighted by Crippen LogP contribution is 2.56. The summed E-state index contributed by atoms with van der Waals surface area (Å²) in [6.07, 6.45) is 4.59. The summed E-state index contributed by atoms with van der Waals surface area (Å²) < 4.78 is 0.194. The van der Waals surface area contributed by atoms with Gasteiger partial charge in [0.05, 0.1) is 16.3 Å². The van der Waals surface area contributed by atoms with E-state index >= 15 is 0 Å². The predicted molar refractivity (Wildman–Crippen MR) is 124 cm³/mol. The third-order valence-corrected chi connectivity index (χ3v) is 8.04. The Morgan fingerprint density at radius 1 is 1.12 bits per heavy atom. The van der Waals surface area contributed by atoms with Gasteiger partial charge in [0.15, 0.2) is 11.6 Å². The minimum absolute atomic E-state index is 0.0772. The van der Waals surface area contributed by atoms with Crippen molar-refractivity contribution in [3.8, 4) is 5.75 Å². The molecule has 4 atom stereocenters. The topological polar surface area (TPSA) is 91.8 Å². The van der Waals surface area contributed by atoms with Gasteiger partial charge in [-0.1, -0.05) is 36.8 Å². The second-order valence-electron chi connectivity index (χ2n) is 9.23. The van der Waals surface area contributed by atoms with E-state index in [0.29, 0.717) is 41.7 Å². The first-order valence-electron chi connectivity index (χ1n) is 11.3. The van der Waals surface area contributed by atoms with E-state index in [1.54, 1.807) is 19.1 Å². The second-order valence-corrected chi connectivity index (χ2v) is 10.1. The monoisotopic (exact) mass is 509 g/mol. The molecular formula is C26H24BrNO5. The zero-order chi connectivity index (χ0) is 23.6. The molecule has 1 aliphatic heterocycles. The number of phenolic OH excluding ortho intramolecular Hbond substituents is 1. The number of benzene rings is 1. The highest BCUT2D eigenvalue weighted by atomic mass is 79.9. The number of Topliss-reactive ketones (excluding diaryl/α,β-unsaturated/α-hetero) is 1. The average Bonchev–Trinajstić information content (AvgIpc) is 3.03. The number of aryl methyl sites for hydroxylation is 1. The summed E-state index contributed by atoms with van der Waals surface area (Å²) in [5, 5.41) is 10.9. The average molecular weight is 510 g/mol. The molecule has 3 aliphatic carbocycles. The van der Waals surface area contributed by atoms with Gasteiger partial charge < -0.3 is 5.11 Å². The van der Waals surface area contributed by atoms with Gasteiger partial charge in [-0.15, -0.1) is 0 Å². The van der Waals surface area contributed by atoms with E-state index in [-0.39, 0.29) is 46.0 Å². The largest absolute Gasteiger partial charge is 0.507 e. The molecule has 4 unspecified atom stereocenters. The maximum absolute atomic E-state index is 13.4. The van der Waals surface area contributed by atoms with Crippen molar-refractivity contribution in [3.05, 3.63) is 62.7 Å². The number of amides is 2. The standard InChI is InChI=1S/C26H24BrNO5/c1-3-9-28-25(32)15-8-7-13-16(21(15)26(28)33)10-17-22(19(29)11-18(27)24(17)31)20(13)14-6-4-5-12(2)23(14)30/h4-7,11,15-16,20-21,30H,3,8-10H2,1-2H3. The molecule has 6 nitrogen and oxygen atoms in total. The van der Waals surface area contributed by atoms with Crippen LogP contribution in [-0.4, -0.2) is 39.9 Å². The number of nitrogens with zero attached hydrogens (tertiary/aromatic N) is 1. The van der Waals surface area contributed by atoms with Gasteiger partial charge in [-0.05, 0) is 53.6 Å². The van der Waals surface area contributed by atoms with Crippen molar-refractivity contribution >= 4 is 39.3 Å². The minimum atomic E-state index is -0.629. The highest BCUT2D eigenvalue weighted by Gasteiger charge is 2.56. The van der Waals surface area contributed by atoms with Crippen molar-refractivity contribution in [2.24, 2.45) is 17.8 Å². The number of allylic oxidation sites excluding steroid dienone is 6. The lowest BCUT2D eigenvalue weighted by Crippen LogP contribution is -2.39. The number of carbonyl (C=O) groups excluding carboxylic acids is 4. The Kier molecular flexibility index (Phi) is 5.27. The molecule has 0 aromatic heterocycles. The van der Waals surface area contributed by atoms with Gasteiger partial charge >= 0.3 is 0 Å². The second kappa shape index (κ2) is 7.90. The highest BCUT2D eigenvalue weighted by molar-refractivity contribution is 9.12. The Balaban J connectivity index is 1.70. The number of ketones is 2. The predicted octanol–water partition coefficient (Wildman–Crippen LogP) is 3.87. The van der Waals surface area contributed by atoms with Gasteiger partial charge in [-0.2, -0.15) is 0 Å². The third-order valence-electron chi connectivity index (χ3n) is 7.45. The molecule has 1 saturated heterocycles. The van der Waals surface area contributed by atoms with Gasteiger partial charge in [0.1, 0.15) is 5.75 Å². The molecule has 1 aromatic rings. The van der Waals surface area contributed by atoms with Gasteiger partial charge in [0, 0.05) is 35.2 Å². The van der Waals surface area contributed by atoms with Crippen molar-refractivity contribution in [1.29, 1.82) is 0 Å². The molecule has 1 heterocycles. The fourth-order valence-electron chi connectivity index (χ4n) is 5.99. The number of rotatable bonds is 3. The Morgan fingerprint density at radius 2 is 1.88 bits per heavy atom. The molecule has 0 spiro atoms. The number of imide groups is 1. The number of hydrogen-bond acceptors (Lipinski definition) is 5. The van der Waals surface area contributed by atoms with Crippen LogP contribution in [0, 0.1) is 24.7 Å². The van der Waals surface area contributed by atoms with E-state index in [9.17, 15) is 24.3 Å². The summed E-state index contributed by atoms with van der Waals surface area (Å²) in [6, 6.07) is 5.36. The molecule has 1 N–H and O–H groups in total. The molecule has 5 rings (SSSR count). The maximum atomic E-state index is 13.4. The lowest BCUT2D eigenvalue weighted by atomic mass is 9.59. The van der Waals surface area contributed by atoms with Crippen LogP contribution in [0.15, 0.2) is 51.6 Å². The Hall–Kier alpha value is -2.80. The van der Waals surface area contributed by atoms with Gasteiger partial charge in [0.2, 0.25) is 11.8 Å². The minimum Gasteiger partial charge on any atom is -0.507 e. The van der Waals surface area contributed by atoms with E-state index in [4.69, 9.17) is 0 Å². The third kappa shape index (κ3) is 3.12. The number of hydrogen-bond donors (Lipinski definition) is 1. The molecule has 4 aliphatic rings. The molecule has 2 amide bonds. The molecule has 0 radical (unpaired) electrons. The molecule has 1 aromatic carbocycles. The summed E-state index contributed by atoms with van der Waals surface area (Å²) in [5.41, 5.74) is 2.80. The molecule has 1 fully saturated rings. The first kappa shape index (κ1) is 22.0. The number of carbonyl (C=O) groups is 4. The first-order valence-corrected chi connectivity index (χ1v) is 12.1. The molecule has 0 saturated carbocycles. The number of para-hydroxylation sites is 1. The van der Waals surface area contributed by atoms with Gasteiger partial charge in [-0.3, -0.25) is 24.1 Å². The molecule has 33 heavy (non-hydrogen) atoms. The van der Waals surface area contributed by atoms with Crippen molar-refractivity contribution in [3.63, 3.8) is 0 Å². The summed E-state index contributed by atoms with van der Waals surface area (Å²) in [4.78, 5) is 54.0. The van der Waals surface area contributed by atoms with Crippen molar-refractivity contribution in [1.82, 2.24) is 4.90 Å². The van der Waals surface area contributed by atoms with Gasteiger partial charge in [-0.25, -0.2) is 0 Å². The van der Waals surface area contributed by atoms with Gasteiger partial charge in [0.25, 0.3) is 0 Å². The lowest BCUT2D eigenvalue weighted by molar-refractivity contribution is -0.140. The SMILES string of the molecule is CCCN1C(=O)C2CC=C3C(c4cccc(C)c4O)C4=C(CC3C2C1=O)C(=O)C(Br)=CC4=O. The Morgan fingerprint density at radius 3 is 2.61 bits per heavy atom. The molecular weight excluding hydrogens is 486 g/mol.